The predicted octanol–water partition coefficient (Wildman–Crippen LogP) is 1.92. The topological polar surface area (TPSA) is 112 Å². The summed E-state index contributed by atoms with van der Waals surface area (Å²) >= 11 is 0. The second-order valence-corrected chi connectivity index (χ2v) is 11.0. The van der Waals surface area contributed by atoms with E-state index in [1.807, 2.05) is 65.6 Å². The maximum absolute atomic E-state index is 13.2. The Bertz CT molecular complexity index is 1280. The summed E-state index contributed by atoms with van der Waals surface area (Å²) in [5.74, 6) is 1.18. The summed E-state index contributed by atoms with van der Waals surface area (Å²) in [7, 11) is 0. The van der Waals surface area contributed by atoms with Crippen molar-refractivity contribution in [3.05, 3.63) is 78.5 Å². The lowest BCUT2D eigenvalue weighted by Gasteiger charge is -2.43. The molecule has 0 aliphatic carbocycles. The Morgan fingerprint density at radius 3 is 2.59 bits per heavy atom. The second-order valence-electron chi connectivity index (χ2n) is 11.0. The van der Waals surface area contributed by atoms with E-state index in [0.29, 0.717) is 13.1 Å². The van der Waals surface area contributed by atoms with Gasteiger partial charge in [-0.1, -0.05) is 36.4 Å². The highest BCUT2D eigenvalue weighted by molar-refractivity contribution is 5.89. The van der Waals surface area contributed by atoms with Crippen molar-refractivity contribution >= 4 is 17.4 Å². The van der Waals surface area contributed by atoms with Crippen molar-refractivity contribution in [1.29, 1.82) is 0 Å². The van der Waals surface area contributed by atoms with E-state index in [4.69, 9.17) is 15.2 Å². The first-order chi connectivity index (χ1) is 20.1. The number of nitrogens with two attached hydrogens (primary N) is 1. The van der Waals surface area contributed by atoms with Gasteiger partial charge in [0.1, 0.15) is 17.5 Å². The van der Waals surface area contributed by atoms with Gasteiger partial charge in [-0.25, -0.2) is 5.43 Å². The summed E-state index contributed by atoms with van der Waals surface area (Å²) < 4.78 is 11.4. The molecule has 4 atom stereocenters. The second kappa shape index (κ2) is 12.4. The number of carbonyl (C=O) groups excluding carboxylic acids is 2. The van der Waals surface area contributed by atoms with Gasteiger partial charge in [-0.15, -0.1) is 0 Å². The van der Waals surface area contributed by atoms with Gasteiger partial charge in [0.2, 0.25) is 5.91 Å². The smallest absolute Gasteiger partial charge is 0.257 e. The molecule has 10 nitrogen and oxygen atoms in total. The van der Waals surface area contributed by atoms with Gasteiger partial charge in [0, 0.05) is 57.0 Å². The first kappa shape index (κ1) is 27.5. The van der Waals surface area contributed by atoms with Gasteiger partial charge in [0.25, 0.3) is 5.91 Å². The number of nitrogens with one attached hydrogen (secondary N) is 2. The molecule has 4 heterocycles. The zero-order valence-corrected chi connectivity index (χ0v) is 23.2. The van der Waals surface area contributed by atoms with E-state index in [1.165, 1.54) is 0 Å². The number of hydrogen-bond donors (Lipinski definition) is 3. The van der Waals surface area contributed by atoms with Crippen molar-refractivity contribution < 1.29 is 19.1 Å². The summed E-state index contributed by atoms with van der Waals surface area (Å²) in [5, 5.41) is 0. The van der Waals surface area contributed by atoms with Crippen molar-refractivity contribution in [2.45, 2.75) is 31.1 Å². The minimum atomic E-state index is -0.446. The molecule has 0 saturated carbocycles. The van der Waals surface area contributed by atoms with Crippen LogP contribution in [0, 0.1) is 5.92 Å². The first-order valence-corrected chi connectivity index (χ1v) is 14.5. The molecule has 3 saturated heterocycles. The van der Waals surface area contributed by atoms with Gasteiger partial charge in [0.05, 0.1) is 19.4 Å². The molecule has 41 heavy (non-hydrogen) atoms. The quantitative estimate of drug-likeness (QED) is 0.442. The van der Waals surface area contributed by atoms with Crippen LogP contribution in [0.25, 0.3) is 5.57 Å². The van der Waals surface area contributed by atoms with Gasteiger partial charge in [-0.2, -0.15) is 0 Å². The largest absolute Gasteiger partial charge is 0.457 e. The Balaban J connectivity index is 1.17. The van der Waals surface area contributed by atoms with Crippen LogP contribution in [-0.4, -0.2) is 90.7 Å². The highest BCUT2D eigenvalue weighted by Crippen LogP contribution is 2.41. The van der Waals surface area contributed by atoms with E-state index >= 15 is 0 Å². The van der Waals surface area contributed by atoms with E-state index in [0.717, 1.165) is 68.3 Å². The number of hydrogen-bond acceptors (Lipinski definition) is 8. The molecule has 2 aromatic rings. The molecule has 3 unspecified atom stereocenters. The van der Waals surface area contributed by atoms with Crippen LogP contribution in [0.5, 0.6) is 11.5 Å². The number of likely N-dealkylation sites (tertiary alicyclic amines) is 1. The van der Waals surface area contributed by atoms with Gasteiger partial charge >= 0.3 is 0 Å². The van der Waals surface area contributed by atoms with E-state index in [2.05, 4.69) is 26.9 Å². The summed E-state index contributed by atoms with van der Waals surface area (Å²) in [6, 6.07) is 17.1. The van der Waals surface area contributed by atoms with Crippen molar-refractivity contribution in [1.82, 2.24) is 25.6 Å². The SMILES string of the molecule is NC1NNC(=O)C2C1C(c1ccc(Oc3ccccc3)cc1)=CN2[C@@H]1CCCN(C(=O)/C=C/CN2CCOCC2)C1. The Morgan fingerprint density at radius 1 is 1.05 bits per heavy atom. The lowest BCUT2D eigenvalue weighted by atomic mass is 9.86. The number of hydrazine groups is 1. The zero-order chi connectivity index (χ0) is 28.2. The van der Waals surface area contributed by atoms with Crippen LogP contribution in [0.1, 0.15) is 18.4 Å². The van der Waals surface area contributed by atoms with Gasteiger partial charge in [-0.3, -0.25) is 19.9 Å². The molecule has 0 bridgehead atoms. The predicted molar refractivity (Wildman–Crippen MR) is 155 cm³/mol. The van der Waals surface area contributed by atoms with Crippen molar-refractivity contribution in [2.75, 3.05) is 45.9 Å². The van der Waals surface area contributed by atoms with Crippen LogP contribution in [0.15, 0.2) is 72.9 Å². The lowest BCUT2D eigenvalue weighted by Crippen LogP contribution is -2.67. The maximum Gasteiger partial charge on any atom is 0.257 e. The van der Waals surface area contributed by atoms with Gasteiger partial charge in [0.15, 0.2) is 0 Å². The third kappa shape index (κ3) is 6.15. The molecular weight excluding hydrogens is 520 g/mol. The standard InChI is InChI=1S/C31H38N6O4/c32-30-28-26(22-10-12-25(13-11-22)41-24-7-2-1-3-8-24)21-37(29(28)31(39)34-33-30)23-6-4-15-36(20-23)27(38)9-5-14-35-16-18-40-19-17-35/h1-3,5,7-13,21,23,28-30,33H,4,6,14-20,32H2,(H,34,39)/b9-5+/t23-,28?,29?,30?/m1/s1. The Kier molecular flexibility index (Phi) is 8.33. The number of para-hydroxylation sites is 1. The van der Waals surface area contributed by atoms with Gasteiger partial charge < -0.3 is 25.0 Å². The number of ether oxygens (including phenoxy) is 2. The van der Waals surface area contributed by atoms with Crippen LogP contribution in [0.4, 0.5) is 0 Å². The molecule has 0 spiro atoms. The fraction of sp³-hybridized carbons (Fsp3) is 0.419. The highest BCUT2D eigenvalue weighted by Gasteiger charge is 2.49. The van der Waals surface area contributed by atoms with Crippen LogP contribution >= 0.6 is 0 Å². The van der Waals surface area contributed by atoms with E-state index in [9.17, 15) is 9.59 Å². The average molecular weight is 559 g/mol. The number of nitrogens with zero attached hydrogens (tertiary/aromatic N) is 3. The molecule has 4 aliphatic rings. The number of carbonyl (C=O) groups is 2. The van der Waals surface area contributed by atoms with Crippen LogP contribution in [0.2, 0.25) is 0 Å². The number of piperidine rings is 1. The molecule has 3 fully saturated rings. The molecule has 2 aromatic carbocycles. The number of amides is 2. The van der Waals surface area contributed by atoms with Crippen LogP contribution in [0.3, 0.4) is 0 Å². The van der Waals surface area contributed by atoms with Crippen molar-refractivity contribution in [3.63, 3.8) is 0 Å². The summed E-state index contributed by atoms with van der Waals surface area (Å²) in [4.78, 5) is 32.6. The lowest BCUT2D eigenvalue weighted by molar-refractivity contribution is -0.132. The number of fused-ring (bicyclic) bond motifs is 1. The molecule has 10 heteroatoms. The fourth-order valence-electron chi connectivity index (χ4n) is 6.22. The van der Waals surface area contributed by atoms with E-state index in [1.54, 1.807) is 6.08 Å². The van der Waals surface area contributed by atoms with E-state index < -0.39 is 12.2 Å². The molecule has 4 aliphatic heterocycles. The summed E-state index contributed by atoms with van der Waals surface area (Å²) in [6.07, 6.45) is 7.06. The summed E-state index contributed by atoms with van der Waals surface area (Å²) in [6.45, 7) is 5.27. The minimum absolute atomic E-state index is 0.0158. The molecule has 0 aromatic heterocycles. The third-order valence-corrected chi connectivity index (χ3v) is 8.35. The third-order valence-electron chi connectivity index (χ3n) is 8.35. The Hall–Kier alpha value is -3.70. The summed E-state index contributed by atoms with van der Waals surface area (Å²) in [5.41, 5.74) is 14.2. The number of rotatable bonds is 7. The maximum atomic E-state index is 13.2. The Morgan fingerprint density at radius 2 is 1.80 bits per heavy atom. The molecule has 0 radical (unpaired) electrons. The molecule has 2 amide bonds. The Labute approximate surface area is 240 Å². The molecule has 216 valence electrons. The normalized spacial score (nSPS) is 27.0. The molecule has 4 N–H and O–H groups in total. The highest BCUT2D eigenvalue weighted by atomic mass is 16.5. The molecular formula is C31H38N6O4. The van der Waals surface area contributed by atoms with E-state index in [-0.39, 0.29) is 23.8 Å². The van der Waals surface area contributed by atoms with Crippen LogP contribution in [-0.2, 0) is 14.3 Å². The number of benzene rings is 2. The molecule has 6 rings (SSSR count). The van der Waals surface area contributed by atoms with Crippen LogP contribution < -0.4 is 21.3 Å². The number of morpholine rings is 1. The zero-order valence-electron chi connectivity index (χ0n) is 23.2. The fourth-order valence-corrected chi connectivity index (χ4v) is 6.22. The van der Waals surface area contributed by atoms with Crippen molar-refractivity contribution in [3.8, 4) is 11.5 Å². The first-order valence-electron chi connectivity index (χ1n) is 14.5. The minimum Gasteiger partial charge on any atom is -0.457 e. The monoisotopic (exact) mass is 558 g/mol. The van der Waals surface area contributed by atoms with Gasteiger partial charge in [-0.05, 0) is 48.2 Å². The van der Waals surface area contributed by atoms with Crippen molar-refractivity contribution in [2.24, 2.45) is 11.7 Å². The average Bonchev–Trinajstić information content (AvgIpc) is 3.43.